The van der Waals surface area contributed by atoms with Crippen LogP contribution in [0.4, 0.5) is 0 Å². The van der Waals surface area contributed by atoms with Crippen LogP contribution in [-0.4, -0.2) is 30.3 Å². The van der Waals surface area contributed by atoms with Gasteiger partial charge in [0.25, 0.3) is 0 Å². The fourth-order valence-corrected chi connectivity index (χ4v) is 4.74. The van der Waals surface area contributed by atoms with Crippen molar-refractivity contribution in [3.05, 3.63) is 35.4 Å². The SMILES string of the molecule is C1=C[C@H]2c3cc4c(cc3CCN3CCC[C@@]23C1)OCO4. The summed E-state index contributed by atoms with van der Waals surface area (Å²) >= 11 is 0. The number of benzene rings is 1. The summed E-state index contributed by atoms with van der Waals surface area (Å²) in [6.07, 6.45) is 9.85. The number of fused-ring (bicyclic) bond motifs is 3. The van der Waals surface area contributed by atoms with E-state index in [0.29, 0.717) is 18.2 Å². The van der Waals surface area contributed by atoms with Crippen molar-refractivity contribution in [1.82, 2.24) is 4.90 Å². The first-order valence-electron chi connectivity index (χ1n) is 7.71. The molecule has 0 radical (unpaired) electrons. The van der Waals surface area contributed by atoms with E-state index in [4.69, 9.17) is 9.47 Å². The number of nitrogens with zero attached hydrogens (tertiary/aromatic N) is 1. The molecule has 20 heavy (non-hydrogen) atoms. The minimum Gasteiger partial charge on any atom is -0.454 e. The largest absolute Gasteiger partial charge is 0.454 e. The van der Waals surface area contributed by atoms with Gasteiger partial charge < -0.3 is 9.47 Å². The van der Waals surface area contributed by atoms with Gasteiger partial charge in [-0.25, -0.2) is 0 Å². The van der Waals surface area contributed by atoms with E-state index in [-0.39, 0.29) is 0 Å². The van der Waals surface area contributed by atoms with Gasteiger partial charge in [-0.1, -0.05) is 12.2 Å². The van der Waals surface area contributed by atoms with Crippen LogP contribution in [0, 0.1) is 0 Å². The summed E-state index contributed by atoms with van der Waals surface area (Å²) in [6, 6.07) is 4.47. The molecule has 1 saturated heterocycles. The van der Waals surface area contributed by atoms with Gasteiger partial charge >= 0.3 is 0 Å². The molecule has 0 amide bonds. The molecule has 1 aromatic carbocycles. The van der Waals surface area contributed by atoms with Crippen molar-refractivity contribution in [1.29, 1.82) is 0 Å². The Morgan fingerprint density at radius 1 is 1.15 bits per heavy atom. The Morgan fingerprint density at radius 3 is 3.00 bits per heavy atom. The molecule has 3 heterocycles. The van der Waals surface area contributed by atoms with Gasteiger partial charge in [-0.15, -0.1) is 0 Å². The highest BCUT2D eigenvalue weighted by atomic mass is 16.7. The molecule has 0 N–H and O–H groups in total. The second kappa shape index (κ2) is 3.79. The first kappa shape index (κ1) is 11.2. The maximum Gasteiger partial charge on any atom is 0.231 e. The van der Waals surface area contributed by atoms with Gasteiger partial charge in [0.2, 0.25) is 6.79 Å². The third-order valence-corrected chi connectivity index (χ3v) is 5.67. The highest BCUT2D eigenvalue weighted by Gasteiger charge is 2.49. The summed E-state index contributed by atoms with van der Waals surface area (Å²) in [5.74, 6) is 2.41. The van der Waals surface area contributed by atoms with Crippen LogP contribution in [0.25, 0.3) is 0 Å². The van der Waals surface area contributed by atoms with E-state index in [2.05, 4.69) is 29.2 Å². The lowest BCUT2D eigenvalue weighted by atomic mass is 9.79. The van der Waals surface area contributed by atoms with Gasteiger partial charge in [-0.05, 0) is 55.5 Å². The average Bonchev–Trinajstić information content (AvgIpc) is 3.16. The molecule has 0 bridgehead atoms. The van der Waals surface area contributed by atoms with Crippen molar-refractivity contribution in [2.45, 2.75) is 37.1 Å². The topological polar surface area (TPSA) is 21.7 Å². The van der Waals surface area contributed by atoms with Gasteiger partial charge in [0, 0.05) is 18.0 Å². The molecule has 104 valence electrons. The molecule has 0 unspecified atom stereocenters. The average molecular weight is 269 g/mol. The first-order chi connectivity index (χ1) is 9.87. The lowest BCUT2D eigenvalue weighted by Gasteiger charge is -2.39. The molecule has 3 aliphatic heterocycles. The van der Waals surface area contributed by atoms with E-state index in [0.717, 1.165) is 17.9 Å². The summed E-state index contributed by atoms with van der Waals surface area (Å²) in [5.41, 5.74) is 3.30. The highest BCUT2D eigenvalue weighted by molar-refractivity contribution is 5.53. The fraction of sp³-hybridized carbons (Fsp3) is 0.529. The molecule has 3 nitrogen and oxygen atoms in total. The Kier molecular flexibility index (Phi) is 2.12. The summed E-state index contributed by atoms with van der Waals surface area (Å²) in [6.45, 7) is 2.82. The molecule has 5 rings (SSSR count). The second-order valence-electron chi connectivity index (χ2n) is 6.46. The zero-order valence-electron chi connectivity index (χ0n) is 11.6. The molecule has 1 aliphatic carbocycles. The Bertz CT molecular complexity index is 609. The molecule has 3 heteroatoms. The third kappa shape index (κ3) is 1.29. The van der Waals surface area contributed by atoms with Crippen molar-refractivity contribution < 1.29 is 9.47 Å². The fourth-order valence-electron chi connectivity index (χ4n) is 4.74. The van der Waals surface area contributed by atoms with Gasteiger partial charge in [0.05, 0.1) is 0 Å². The Labute approximate surface area is 119 Å². The normalized spacial score (nSPS) is 33.7. The minimum atomic E-state index is 0.360. The lowest BCUT2D eigenvalue weighted by Crippen LogP contribution is -2.45. The standard InChI is InChI=1S/C17H19NO2/c1-3-14-13-10-16-15(19-11-20-16)9-12(13)4-8-18-7-2-6-17(14,18)5-1/h1,3,9-10,14H,2,4-8,11H2/t14-,17-/m0/s1. The van der Waals surface area contributed by atoms with E-state index in [1.165, 1.54) is 43.5 Å². The van der Waals surface area contributed by atoms with E-state index < -0.39 is 0 Å². The zero-order valence-corrected chi connectivity index (χ0v) is 11.6. The minimum absolute atomic E-state index is 0.360. The molecule has 2 atom stereocenters. The van der Waals surface area contributed by atoms with Crippen LogP contribution in [0.2, 0.25) is 0 Å². The number of rotatable bonds is 0. The smallest absolute Gasteiger partial charge is 0.231 e. The van der Waals surface area contributed by atoms with Crippen LogP contribution in [0.3, 0.4) is 0 Å². The van der Waals surface area contributed by atoms with Crippen molar-refractivity contribution in [2.24, 2.45) is 0 Å². The van der Waals surface area contributed by atoms with Crippen LogP contribution in [-0.2, 0) is 6.42 Å². The summed E-state index contributed by atoms with van der Waals surface area (Å²) < 4.78 is 11.2. The van der Waals surface area contributed by atoms with E-state index in [1.54, 1.807) is 0 Å². The van der Waals surface area contributed by atoms with Gasteiger partial charge in [-0.2, -0.15) is 0 Å². The van der Waals surface area contributed by atoms with Crippen molar-refractivity contribution >= 4 is 0 Å². The van der Waals surface area contributed by atoms with Crippen molar-refractivity contribution in [3.63, 3.8) is 0 Å². The van der Waals surface area contributed by atoms with Crippen molar-refractivity contribution in [2.75, 3.05) is 19.9 Å². The maximum atomic E-state index is 5.60. The van der Waals surface area contributed by atoms with Gasteiger partial charge in [0.1, 0.15) is 0 Å². The summed E-state index contributed by atoms with van der Waals surface area (Å²) in [7, 11) is 0. The molecule has 0 saturated carbocycles. The van der Waals surface area contributed by atoms with Crippen LogP contribution in [0.1, 0.15) is 36.3 Å². The highest BCUT2D eigenvalue weighted by Crippen LogP contribution is 2.52. The molecule has 1 fully saturated rings. The Hall–Kier alpha value is -1.48. The zero-order chi connectivity index (χ0) is 13.2. The quantitative estimate of drug-likeness (QED) is 0.676. The van der Waals surface area contributed by atoms with Gasteiger partial charge in [0.15, 0.2) is 11.5 Å². The number of hydrogen-bond donors (Lipinski definition) is 0. The summed E-state index contributed by atoms with van der Waals surface area (Å²) in [4.78, 5) is 2.74. The molecule has 0 aromatic heterocycles. The van der Waals surface area contributed by atoms with Gasteiger partial charge in [-0.3, -0.25) is 4.90 Å². The molecule has 4 aliphatic rings. The maximum absolute atomic E-state index is 5.60. The van der Waals surface area contributed by atoms with Crippen LogP contribution in [0.15, 0.2) is 24.3 Å². The van der Waals surface area contributed by atoms with E-state index in [9.17, 15) is 0 Å². The third-order valence-electron chi connectivity index (χ3n) is 5.67. The molecule has 1 aromatic rings. The van der Waals surface area contributed by atoms with Crippen molar-refractivity contribution in [3.8, 4) is 11.5 Å². The summed E-state index contributed by atoms with van der Waals surface area (Å²) in [5, 5.41) is 0. The predicted molar refractivity (Wildman–Crippen MR) is 76.3 cm³/mol. The Balaban J connectivity index is 1.69. The molecular formula is C17H19NO2. The molecule has 1 spiro atoms. The molecular weight excluding hydrogens is 250 g/mol. The number of ether oxygens (including phenoxy) is 2. The monoisotopic (exact) mass is 269 g/mol. The Morgan fingerprint density at radius 2 is 2.05 bits per heavy atom. The van der Waals surface area contributed by atoms with E-state index >= 15 is 0 Å². The second-order valence-corrected chi connectivity index (χ2v) is 6.46. The van der Waals surface area contributed by atoms with Crippen LogP contribution in [0.5, 0.6) is 11.5 Å². The van der Waals surface area contributed by atoms with E-state index in [1.807, 2.05) is 0 Å². The van der Waals surface area contributed by atoms with Crippen LogP contribution >= 0.6 is 0 Å². The number of hydrogen-bond acceptors (Lipinski definition) is 3. The lowest BCUT2D eigenvalue weighted by molar-refractivity contribution is 0.140. The van der Waals surface area contributed by atoms with Crippen LogP contribution < -0.4 is 9.47 Å². The first-order valence-corrected chi connectivity index (χ1v) is 7.71. The predicted octanol–water partition coefficient (Wildman–Crippen LogP) is 2.85.